The van der Waals surface area contributed by atoms with E-state index >= 15 is 0 Å². The Hall–Kier alpha value is -3.17. The molecule has 0 aliphatic rings. The Bertz CT molecular complexity index is 1260. The number of nitrogens with zero attached hydrogens (tertiary/aromatic N) is 1. The molecule has 0 radical (unpaired) electrons. The summed E-state index contributed by atoms with van der Waals surface area (Å²) in [4.78, 5) is 14.0. The van der Waals surface area contributed by atoms with Crippen LogP contribution in [-0.2, 0) is 21.2 Å². The van der Waals surface area contributed by atoms with Crippen LogP contribution in [-0.4, -0.2) is 46.9 Å². The minimum atomic E-state index is -3.98. The lowest BCUT2D eigenvalue weighted by molar-refractivity contribution is -0.119. The first-order valence-corrected chi connectivity index (χ1v) is 15.4. The van der Waals surface area contributed by atoms with Crippen molar-refractivity contribution in [3.63, 3.8) is 0 Å². The third kappa shape index (κ3) is 8.16. The summed E-state index contributed by atoms with van der Waals surface area (Å²) in [5.41, 5.74) is 1.47. The number of benzene rings is 3. The number of sulfonamides is 1. The zero-order valence-electron chi connectivity index (χ0n) is 22.2. The van der Waals surface area contributed by atoms with Gasteiger partial charge in [-0.15, -0.1) is 11.8 Å². The van der Waals surface area contributed by atoms with E-state index in [-0.39, 0.29) is 17.3 Å². The molecule has 0 unspecified atom stereocenters. The van der Waals surface area contributed by atoms with Crippen molar-refractivity contribution in [3.8, 4) is 11.5 Å². The van der Waals surface area contributed by atoms with E-state index in [1.165, 1.54) is 11.8 Å². The van der Waals surface area contributed by atoms with Crippen molar-refractivity contribution in [3.05, 3.63) is 78.4 Å². The lowest BCUT2D eigenvalue weighted by Crippen LogP contribution is -2.41. The number of para-hydroxylation sites is 1. The molecule has 0 heterocycles. The summed E-state index contributed by atoms with van der Waals surface area (Å²) in [5.74, 6) is 1.12. The second-order valence-electron chi connectivity index (χ2n) is 8.52. The number of anilines is 1. The SMILES string of the molecule is CCCOc1ccccc1CCCNC(=O)CN(c1ccc(OCC)cc1)S(=O)(=O)c1ccc(SC)cc1. The second-order valence-corrected chi connectivity index (χ2v) is 11.3. The number of hydrogen-bond donors (Lipinski definition) is 1. The first-order chi connectivity index (χ1) is 18.4. The molecule has 3 aromatic carbocycles. The zero-order chi connectivity index (χ0) is 27.4. The molecule has 0 atom stereocenters. The fourth-order valence-corrected chi connectivity index (χ4v) is 5.65. The predicted molar refractivity (Wildman–Crippen MR) is 154 cm³/mol. The topological polar surface area (TPSA) is 84.9 Å². The molecule has 204 valence electrons. The minimum Gasteiger partial charge on any atom is -0.494 e. The Labute approximate surface area is 230 Å². The highest BCUT2D eigenvalue weighted by atomic mass is 32.2. The molecule has 3 aromatic rings. The van der Waals surface area contributed by atoms with Gasteiger partial charge in [-0.1, -0.05) is 25.1 Å². The Kier molecular flexibility index (Phi) is 11.4. The molecule has 0 aliphatic heterocycles. The van der Waals surface area contributed by atoms with Crippen molar-refractivity contribution in [2.24, 2.45) is 0 Å². The van der Waals surface area contributed by atoms with E-state index in [4.69, 9.17) is 9.47 Å². The zero-order valence-corrected chi connectivity index (χ0v) is 23.8. The number of hydrogen-bond acceptors (Lipinski definition) is 6. The van der Waals surface area contributed by atoms with Gasteiger partial charge in [-0.25, -0.2) is 8.42 Å². The summed E-state index contributed by atoms with van der Waals surface area (Å²) in [6.45, 7) is 5.18. The maximum Gasteiger partial charge on any atom is 0.264 e. The third-order valence-corrected chi connectivity index (χ3v) is 8.28. The summed E-state index contributed by atoms with van der Waals surface area (Å²) in [5, 5.41) is 2.88. The molecule has 9 heteroatoms. The lowest BCUT2D eigenvalue weighted by atomic mass is 10.1. The van der Waals surface area contributed by atoms with Crippen LogP contribution in [0.3, 0.4) is 0 Å². The molecule has 0 aliphatic carbocycles. The van der Waals surface area contributed by atoms with Crippen molar-refractivity contribution < 1.29 is 22.7 Å². The largest absolute Gasteiger partial charge is 0.494 e. The number of amides is 1. The van der Waals surface area contributed by atoms with Gasteiger partial charge < -0.3 is 14.8 Å². The van der Waals surface area contributed by atoms with E-state index in [1.807, 2.05) is 37.4 Å². The van der Waals surface area contributed by atoms with Crippen LogP contribution in [0, 0.1) is 0 Å². The van der Waals surface area contributed by atoms with Crippen LogP contribution in [0.15, 0.2) is 82.6 Å². The number of carbonyl (C=O) groups excluding carboxylic acids is 1. The second kappa shape index (κ2) is 14.7. The molecule has 0 saturated heterocycles. The van der Waals surface area contributed by atoms with Gasteiger partial charge in [0, 0.05) is 11.4 Å². The Morgan fingerprint density at radius 1 is 0.947 bits per heavy atom. The van der Waals surface area contributed by atoms with Crippen LogP contribution in [0.25, 0.3) is 0 Å². The quantitative estimate of drug-likeness (QED) is 0.195. The molecule has 0 bridgehead atoms. The smallest absolute Gasteiger partial charge is 0.264 e. The fourth-order valence-electron chi connectivity index (χ4n) is 3.82. The van der Waals surface area contributed by atoms with E-state index in [0.29, 0.717) is 37.6 Å². The summed E-state index contributed by atoms with van der Waals surface area (Å²) in [6.07, 6.45) is 4.30. The van der Waals surface area contributed by atoms with Crippen LogP contribution in [0.2, 0.25) is 0 Å². The number of carbonyl (C=O) groups is 1. The van der Waals surface area contributed by atoms with Gasteiger partial charge in [0.25, 0.3) is 10.0 Å². The molecule has 38 heavy (non-hydrogen) atoms. The highest BCUT2D eigenvalue weighted by molar-refractivity contribution is 7.98. The van der Waals surface area contributed by atoms with Gasteiger partial charge in [-0.05, 0) is 92.6 Å². The predicted octanol–water partition coefficient (Wildman–Crippen LogP) is 5.54. The highest BCUT2D eigenvalue weighted by Gasteiger charge is 2.27. The van der Waals surface area contributed by atoms with Gasteiger partial charge in [0.05, 0.1) is 23.8 Å². The van der Waals surface area contributed by atoms with Crippen LogP contribution in [0.4, 0.5) is 5.69 Å². The average molecular weight is 557 g/mol. The van der Waals surface area contributed by atoms with Gasteiger partial charge in [0.15, 0.2) is 0 Å². The van der Waals surface area contributed by atoms with Gasteiger partial charge in [-0.2, -0.15) is 0 Å². The van der Waals surface area contributed by atoms with E-state index in [9.17, 15) is 13.2 Å². The van der Waals surface area contributed by atoms with E-state index in [0.717, 1.165) is 33.4 Å². The number of rotatable bonds is 15. The number of nitrogens with one attached hydrogen (secondary N) is 1. The molecule has 1 N–H and O–H groups in total. The maximum atomic E-state index is 13.6. The molecule has 0 saturated carbocycles. The van der Waals surface area contributed by atoms with Crippen LogP contribution in [0.5, 0.6) is 11.5 Å². The standard InChI is InChI=1S/C29H36N2O5S2/c1-4-21-36-28-11-7-6-9-23(28)10-8-20-30-29(32)22-31(24-12-14-25(15-13-24)35-5-2)38(33,34)27-18-16-26(37-3)17-19-27/h6-7,9,11-19H,4-5,8,10,20-22H2,1-3H3,(H,30,32). The fraction of sp³-hybridized carbons (Fsp3) is 0.345. The normalized spacial score (nSPS) is 11.1. The van der Waals surface area contributed by atoms with Gasteiger partial charge >= 0.3 is 0 Å². The van der Waals surface area contributed by atoms with Crippen molar-refractivity contribution in [2.45, 2.75) is 42.9 Å². The first kappa shape index (κ1) is 29.4. The molecule has 0 fully saturated rings. The highest BCUT2D eigenvalue weighted by Crippen LogP contribution is 2.27. The van der Waals surface area contributed by atoms with E-state index in [1.54, 1.807) is 48.5 Å². The van der Waals surface area contributed by atoms with Gasteiger partial charge in [-0.3, -0.25) is 9.10 Å². The van der Waals surface area contributed by atoms with Crippen LogP contribution in [0.1, 0.15) is 32.3 Å². The van der Waals surface area contributed by atoms with Crippen molar-refractivity contribution in [1.29, 1.82) is 0 Å². The summed E-state index contributed by atoms with van der Waals surface area (Å²) in [6, 6.07) is 21.3. The molecular weight excluding hydrogens is 520 g/mol. The Morgan fingerprint density at radius 3 is 2.32 bits per heavy atom. The molecule has 7 nitrogen and oxygen atoms in total. The van der Waals surface area contributed by atoms with Crippen molar-refractivity contribution in [2.75, 3.05) is 36.9 Å². The van der Waals surface area contributed by atoms with Crippen molar-refractivity contribution >= 4 is 33.4 Å². The van der Waals surface area contributed by atoms with Gasteiger partial charge in [0.1, 0.15) is 18.0 Å². The summed E-state index contributed by atoms with van der Waals surface area (Å²) < 4.78 is 39.7. The molecular formula is C29H36N2O5S2. The van der Waals surface area contributed by atoms with Crippen molar-refractivity contribution in [1.82, 2.24) is 5.32 Å². The maximum absolute atomic E-state index is 13.6. The van der Waals surface area contributed by atoms with E-state index in [2.05, 4.69) is 12.2 Å². The number of thioether (sulfide) groups is 1. The van der Waals surface area contributed by atoms with Crippen LogP contribution < -0.4 is 19.1 Å². The molecule has 3 rings (SSSR count). The van der Waals surface area contributed by atoms with Gasteiger partial charge in [0.2, 0.25) is 5.91 Å². The monoisotopic (exact) mass is 556 g/mol. The summed E-state index contributed by atoms with van der Waals surface area (Å²) >= 11 is 1.53. The number of ether oxygens (including phenoxy) is 2. The average Bonchev–Trinajstić information content (AvgIpc) is 2.94. The number of aryl methyl sites for hydroxylation is 1. The Morgan fingerprint density at radius 2 is 1.66 bits per heavy atom. The minimum absolute atomic E-state index is 0.126. The van der Waals surface area contributed by atoms with Crippen LogP contribution >= 0.6 is 11.8 Å². The third-order valence-electron chi connectivity index (χ3n) is 5.75. The first-order valence-electron chi connectivity index (χ1n) is 12.8. The summed E-state index contributed by atoms with van der Waals surface area (Å²) in [7, 11) is -3.98. The molecule has 1 amide bonds. The Balaban J connectivity index is 1.70. The molecule has 0 aromatic heterocycles. The molecule has 0 spiro atoms. The lowest BCUT2D eigenvalue weighted by Gasteiger charge is -2.24. The van der Waals surface area contributed by atoms with E-state index < -0.39 is 10.0 Å².